The molecule has 1 atom stereocenters. The summed E-state index contributed by atoms with van der Waals surface area (Å²) in [6.07, 6.45) is 5.71. The van der Waals surface area contributed by atoms with Crippen molar-refractivity contribution in [1.82, 2.24) is 14.9 Å². The molecule has 1 heterocycles. The number of hydrogen-bond acceptors (Lipinski definition) is 5. The lowest BCUT2D eigenvalue weighted by molar-refractivity contribution is -0.396. The lowest BCUT2D eigenvalue weighted by Gasteiger charge is -2.12. The molecule has 0 unspecified atom stereocenters. The van der Waals surface area contributed by atoms with E-state index in [-0.39, 0.29) is 11.9 Å². The van der Waals surface area contributed by atoms with Gasteiger partial charge in [0.2, 0.25) is 5.91 Å². The van der Waals surface area contributed by atoms with E-state index in [9.17, 15) is 14.9 Å². The van der Waals surface area contributed by atoms with Crippen LogP contribution >= 0.6 is 0 Å². The van der Waals surface area contributed by atoms with Gasteiger partial charge in [-0.15, -0.1) is 0 Å². The Balaban J connectivity index is 1.63. The number of carbonyl (C=O) groups excluding carboxylic acids is 1. The molecule has 1 amide bonds. The highest BCUT2D eigenvalue weighted by Gasteiger charge is 2.16. The normalized spacial score (nSPS) is 11.9. The summed E-state index contributed by atoms with van der Waals surface area (Å²) in [6, 6.07) is 9.47. The highest BCUT2D eigenvalue weighted by atomic mass is 16.6. The average Bonchev–Trinajstić information content (AvgIpc) is 3.08. The fourth-order valence-corrected chi connectivity index (χ4v) is 2.54. The van der Waals surface area contributed by atoms with Crippen molar-refractivity contribution >= 4 is 11.9 Å². The first-order valence-electron chi connectivity index (χ1n) is 8.30. The minimum absolute atomic E-state index is 0.187. The third kappa shape index (κ3) is 6.00. The van der Waals surface area contributed by atoms with E-state index in [4.69, 9.17) is 5.73 Å². The predicted molar refractivity (Wildman–Crippen MR) is 93.9 cm³/mol. The van der Waals surface area contributed by atoms with Crippen molar-refractivity contribution in [3.05, 3.63) is 58.4 Å². The van der Waals surface area contributed by atoms with E-state index in [1.807, 2.05) is 18.2 Å². The molecule has 0 spiro atoms. The number of benzene rings is 1. The van der Waals surface area contributed by atoms with Crippen LogP contribution in [0.1, 0.15) is 24.8 Å². The number of rotatable bonds is 10. The molecule has 0 aliphatic heterocycles. The lowest BCUT2D eigenvalue weighted by Crippen LogP contribution is -2.41. The molecular formula is C17H23N5O3. The zero-order valence-electron chi connectivity index (χ0n) is 14.0. The molecule has 0 aliphatic carbocycles. The number of nitrogens with two attached hydrogens (primary N) is 1. The molecule has 8 heteroatoms. The van der Waals surface area contributed by atoms with Crippen LogP contribution in [-0.4, -0.2) is 33.0 Å². The first-order valence-corrected chi connectivity index (χ1v) is 8.30. The van der Waals surface area contributed by atoms with Crippen LogP contribution in [0.15, 0.2) is 42.7 Å². The van der Waals surface area contributed by atoms with Crippen LogP contribution in [0.3, 0.4) is 0 Å². The highest BCUT2D eigenvalue weighted by molar-refractivity contribution is 5.81. The molecule has 2 rings (SSSR count). The monoisotopic (exact) mass is 345 g/mol. The fourth-order valence-electron chi connectivity index (χ4n) is 2.54. The number of hydrogen-bond donors (Lipinski definition) is 2. The minimum atomic E-state index is -0.612. The van der Waals surface area contributed by atoms with Crippen LogP contribution in [0.2, 0.25) is 0 Å². The van der Waals surface area contributed by atoms with E-state index >= 15 is 0 Å². The number of aryl methyl sites for hydroxylation is 2. The summed E-state index contributed by atoms with van der Waals surface area (Å²) in [6.45, 7) is 0.986. The summed E-state index contributed by atoms with van der Waals surface area (Å²) >= 11 is 0. The van der Waals surface area contributed by atoms with Crippen molar-refractivity contribution in [3.8, 4) is 0 Å². The average molecular weight is 345 g/mol. The predicted octanol–water partition coefficient (Wildman–Crippen LogP) is 1.65. The Morgan fingerprint density at radius 3 is 2.80 bits per heavy atom. The van der Waals surface area contributed by atoms with Gasteiger partial charge in [-0.1, -0.05) is 35.3 Å². The Kier molecular flexibility index (Phi) is 7.09. The number of nitrogens with one attached hydrogen (secondary N) is 1. The summed E-state index contributed by atoms with van der Waals surface area (Å²) in [4.78, 5) is 25.9. The second-order valence-electron chi connectivity index (χ2n) is 5.81. The third-order valence-electron chi connectivity index (χ3n) is 3.89. The number of amides is 1. The second-order valence-corrected chi connectivity index (χ2v) is 5.81. The summed E-state index contributed by atoms with van der Waals surface area (Å²) in [5, 5.41) is 13.6. The molecule has 0 fully saturated rings. The van der Waals surface area contributed by atoms with Gasteiger partial charge >= 0.3 is 5.95 Å². The molecule has 25 heavy (non-hydrogen) atoms. The van der Waals surface area contributed by atoms with Gasteiger partial charge in [0, 0.05) is 6.54 Å². The number of imidazole rings is 1. The van der Waals surface area contributed by atoms with E-state index in [1.54, 1.807) is 6.20 Å². The maximum atomic E-state index is 12.0. The van der Waals surface area contributed by atoms with Gasteiger partial charge in [-0.05, 0) is 36.2 Å². The zero-order valence-corrected chi connectivity index (χ0v) is 14.0. The van der Waals surface area contributed by atoms with Crippen molar-refractivity contribution in [2.75, 3.05) is 6.54 Å². The first kappa shape index (κ1) is 18.6. The van der Waals surface area contributed by atoms with Gasteiger partial charge in [0.1, 0.15) is 12.4 Å². The Morgan fingerprint density at radius 2 is 2.08 bits per heavy atom. The molecule has 0 aliphatic rings. The molecule has 0 bridgehead atoms. The van der Waals surface area contributed by atoms with E-state index in [1.165, 1.54) is 16.3 Å². The zero-order chi connectivity index (χ0) is 18.1. The SMILES string of the molecule is N[C@H](CCCn1ccnc1[N+](=O)[O-])C(=O)NCCCc1ccccc1. The van der Waals surface area contributed by atoms with E-state index in [0.717, 1.165) is 12.8 Å². The molecule has 0 saturated heterocycles. The molecule has 0 radical (unpaired) electrons. The maximum absolute atomic E-state index is 12.0. The molecule has 1 aromatic carbocycles. The van der Waals surface area contributed by atoms with Crippen molar-refractivity contribution in [2.45, 2.75) is 38.3 Å². The maximum Gasteiger partial charge on any atom is 0.434 e. The van der Waals surface area contributed by atoms with Crippen molar-refractivity contribution in [3.63, 3.8) is 0 Å². The second kappa shape index (κ2) is 9.53. The molecular weight excluding hydrogens is 322 g/mol. The molecule has 134 valence electrons. The molecule has 3 N–H and O–H groups in total. The van der Waals surface area contributed by atoms with Crippen LogP contribution in [0.25, 0.3) is 0 Å². The highest BCUT2D eigenvalue weighted by Crippen LogP contribution is 2.09. The topological polar surface area (TPSA) is 116 Å². The number of nitrogens with zero attached hydrogens (tertiary/aromatic N) is 3. The summed E-state index contributed by atoms with van der Waals surface area (Å²) < 4.78 is 1.45. The van der Waals surface area contributed by atoms with Gasteiger partial charge in [0.15, 0.2) is 0 Å². The van der Waals surface area contributed by atoms with Gasteiger partial charge in [-0.2, -0.15) is 0 Å². The molecule has 2 aromatic rings. The Morgan fingerprint density at radius 1 is 1.32 bits per heavy atom. The van der Waals surface area contributed by atoms with Crippen molar-refractivity contribution < 1.29 is 9.72 Å². The van der Waals surface area contributed by atoms with Crippen molar-refractivity contribution in [2.24, 2.45) is 5.73 Å². The van der Waals surface area contributed by atoms with Gasteiger partial charge in [-0.25, -0.2) is 4.57 Å². The van der Waals surface area contributed by atoms with Gasteiger partial charge in [0.05, 0.1) is 12.6 Å². The lowest BCUT2D eigenvalue weighted by atomic mass is 10.1. The fraction of sp³-hybridized carbons (Fsp3) is 0.412. The largest absolute Gasteiger partial charge is 0.434 e. The first-order chi connectivity index (χ1) is 12.1. The van der Waals surface area contributed by atoms with Crippen LogP contribution in [0, 0.1) is 10.1 Å². The van der Waals surface area contributed by atoms with Crippen LogP contribution < -0.4 is 11.1 Å². The quantitative estimate of drug-likeness (QED) is 0.386. The summed E-state index contributed by atoms with van der Waals surface area (Å²) in [7, 11) is 0. The summed E-state index contributed by atoms with van der Waals surface area (Å²) in [5.74, 6) is -0.382. The Bertz CT molecular complexity index is 687. The van der Waals surface area contributed by atoms with Gasteiger partial charge in [-0.3, -0.25) is 4.79 Å². The van der Waals surface area contributed by atoms with Crippen LogP contribution in [0.5, 0.6) is 0 Å². The summed E-state index contributed by atoms with van der Waals surface area (Å²) in [5.41, 5.74) is 7.12. The minimum Gasteiger partial charge on any atom is -0.390 e. The Labute approximate surface area is 146 Å². The van der Waals surface area contributed by atoms with E-state index < -0.39 is 11.0 Å². The standard InChI is InChI=1S/C17H23N5O3/c18-15(9-5-12-21-13-11-20-17(21)22(24)25)16(23)19-10-4-8-14-6-2-1-3-7-14/h1-3,6-7,11,13,15H,4-5,8-10,12,18H2,(H,19,23)/t15-/m1/s1. The number of nitro groups is 1. The van der Waals surface area contributed by atoms with E-state index in [0.29, 0.717) is 25.9 Å². The van der Waals surface area contributed by atoms with Crippen molar-refractivity contribution in [1.29, 1.82) is 0 Å². The number of carbonyl (C=O) groups is 1. The third-order valence-corrected chi connectivity index (χ3v) is 3.89. The molecule has 1 aromatic heterocycles. The number of aromatic nitrogens is 2. The van der Waals surface area contributed by atoms with Crippen LogP contribution in [-0.2, 0) is 17.8 Å². The molecule has 0 saturated carbocycles. The smallest absolute Gasteiger partial charge is 0.390 e. The van der Waals surface area contributed by atoms with Gasteiger partial charge in [0.25, 0.3) is 0 Å². The molecule has 8 nitrogen and oxygen atoms in total. The van der Waals surface area contributed by atoms with Gasteiger partial charge < -0.3 is 21.2 Å². The van der Waals surface area contributed by atoms with Crippen LogP contribution in [0.4, 0.5) is 5.95 Å². The van der Waals surface area contributed by atoms with E-state index in [2.05, 4.69) is 22.4 Å². The Hall–Kier alpha value is -2.74.